The Labute approximate surface area is 186 Å². The lowest BCUT2D eigenvalue weighted by Gasteiger charge is -2.44. The SMILES string of the molecule is CCS(=O)(=O)Nc1ccc(C(=O)N2C(C)CN(Cc3cc(F)c(F)c(F)c3)CC2C)cc1. The molecule has 0 spiro atoms. The van der Waals surface area contributed by atoms with E-state index in [9.17, 15) is 26.4 Å². The molecule has 0 aliphatic carbocycles. The molecule has 2 unspecified atom stereocenters. The van der Waals surface area contributed by atoms with Gasteiger partial charge in [-0.15, -0.1) is 0 Å². The van der Waals surface area contributed by atoms with Crippen LogP contribution in [0.5, 0.6) is 0 Å². The van der Waals surface area contributed by atoms with Crippen LogP contribution in [-0.2, 0) is 16.6 Å². The predicted octanol–water partition coefficient (Wildman–Crippen LogP) is 3.60. The standard InChI is InChI=1S/C22H26F3N3O3S/c1-4-32(30,31)26-18-7-5-17(6-8-18)22(29)28-14(2)11-27(12-15(28)3)13-16-9-19(23)21(25)20(24)10-16/h5-10,14-15,26H,4,11-13H2,1-3H3. The average molecular weight is 470 g/mol. The number of sulfonamides is 1. The van der Waals surface area contributed by atoms with Crippen LogP contribution in [0.3, 0.4) is 0 Å². The van der Waals surface area contributed by atoms with Crippen LogP contribution in [0.1, 0.15) is 36.7 Å². The van der Waals surface area contributed by atoms with Crippen molar-refractivity contribution in [2.75, 3.05) is 23.6 Å². The van der Waals surface area contributed by atoms with Crippen LogP contribution in [0.2, 0.25) is 0 Å². The van der Waals surface area contributed by atoms with Crippen molar-refractivity contribution < 1.29 is 26.4 Å². The number of carbonyl (C=O) groups excluding carboxylic acids is 1. The lowest BCUT2D eigenvalue weighted by molar-refractivity contribution is 0.0268. The highest BCUT2D eigenvalue weighted by atomic mass is 32.2. The zero-order valence-corrected chi connectivity index (χ0v) is 18.9. The van der Waals surface area contributed by atoms with Crippen molar-refractivity contribution in [1.29, 1.82) is 0 Å². The monoisotopic (exact) mass is 469 g/mol. The first-order valence-electron chi connectivity index (χ1n) is 10.3. The number of anilines is 1. The maximum absolute atomic E-state index is 13.5. The zero-order valence-electron chi connectivity index (χ0n) is 18.1. The highest BCUT2D eigenvalue weighted by Gasteiger charge is 2.33. The number of nitrogens with one attached hydrogen (secondary N) is 1. The summed E-state index contributed by atoms with van der Waals surface area (Å²) in [6, 6.07) is 7.85. The van der Waals surface area contributed by atoms with E-state index in [0.717, 1.165) is 12.1 Å². The first kappa shape index (κ1) is 24.1. The fourth-order valence-corrected chi connectivity index (χ4v) is 4.64. The van der Waals surface area contributed by atoms with Crippen LogP contribution >= 0.6 is 0 Å². The van der Waals surface area contributed by atoms with E-state index in [1.54, 1.807) is 29.2 Å². The van der Waals surface area contributed by atoms with Gasteiger partial charge >= 0.3 is 0 Å². The molecule has 0 bridgehead atoms. The van der Waals surface area contributed by atoms with Gasteiger partial charge in [0.25, 0.3) is 5.91 Å². The molecule has 1 fully saturated rings. The Kier molecular flexibility index (Phi) is 7.14. The Balaban J connectivity index is 1.68. The second-order valence-electron chi connectivity index (χ2n) is 8.06. The Morgan fingerprint density at radius 3 is 2.06 bits per heavy atom. The maximum atomic E-state index is 13.5. The van der Waals surface area contributed by atoms with Crippen LogP contribution in [0, 0.1) is 17.5 Å². The summed E-state index contributed by atoms with van der Waals surface area (Å²) in [5.41, 5.74) is 1.14. The van der Waals surface area contributed by atoms with E-state index in [-0.39, 0.29) is 30.3 Å². The molecule has 3 rings (SSSR count). The molecule has 32 heavy (non-hydrogen) atoms. The number of rotatable bonds is 6. The summed E-state index contributed by atoms with van der Waals surface area (Å²) in [4.78, 5) is 16.8. The molecule has 2 aromatic rings. The molecule has 0 aromatic heterocycles. The molecule has 1 saturated heterocycles. The van der Waals surface area contributed by atoms with Gasteiger partial charge in [-0.1, -0.05) is 0 Å². The predicted molar refractivity (Wildman–Crippen MR) is 116 cm³/mol. The Bertz CT molecular complexity index is 1060. The minimum absolute atomic E-state index is 0.0514. The summed E-state index contributed by atoms with van der Waals surface area (Å²) in [6.07, 6.45) is 0. The van der Waals surface area contributed by atoms with Gasteiger partial charge in [0.15, 0.2) is 17.5 Å². The summed E-state index contributed by atoms with van der Waals surface area (Å²) in [6.45, 7) is 6.49. The summed E-state index contributed by atoms with van der Waals surface area (Å²) in [5, 5.41) is 0. The van der Waals surface area contributed by atoms with E-state index in [4.69, 9.17) is 0 Å². The zero-order chi connectivity index (χ0) is 23.6. The molecule has 1 N–H and O–H groups in total. The molecule has 1 aliphatic heterocycles. The van der Waals surface area contributed by atoms with Crippen molar-refractivity contribution in [2.24, 2.45) is 0 Å². The van der Waals surface area contributed by atoms with Crippen LogP contribution < -0.4 is 4.72 Å². The van der Waals surface area contributed by atoms with Gasteiger partial charge in [-0.05, 0) is 62.7 Å². The minimum atomic E-state index is -3.40. The lowest BCUT2D eigenvalue weighted by Crippen LogP contribution is -2.58. The van der Waals surface area contributed by atoms with Gasteiger partial charge in [0.2, 0.25) is 10.0 Å². The number of amides is 1. The van der Waals surface area contributed by atoms with E-state index >= 15 is 0 Å². The number of benzene rings is 2. The van der Waals surface area contributed by atoms with Gasteiger partial charge in [0.1, 0.15) is 0 Å². The number of nitrogens with zero attached hydrogens (tertiary/aromatic N) is 2. The van der Waals surface area contributed by atoms with Gasteiger partial charge in [-0.2, -0.15) is 0 Å². The third kappa shape index (κ3) is 5.42. The fraction of sp³-hybridized carbons (Fsp3) is 0.409. The quantitative estimate of drug-likeness (QED) is 0.657. The molecule has 174 valence electrons. The van der Waals surface area contributed by atoms with Crippen molar-refractivity contribution in [3.05, 3.63) is 65.0 Å². The first-order valence-corrected chi connectivity index (χ1v) is 11.9. The summed E-state index contributed by atoms with van der Waals surface area (Å²) in [7, 11) is -3.40. The molecule has 0 saturated carbocycles. The van der Waals surface area contributed by atoms with E-state index in [1.165, 1.54) is 6.92 Å². The Hall–Kier alpha value is -2.59. The molecule has 10 heteroatoms. The summed E-state index contributed by atoms with van der Waals surface area (Å²) >= 11 is 0. The van der Waals surface area contributed by atoms with Crippen molar-refractivity contribution in [2.45, 2.75) is 39.4 Å². The Morgan fingerprint density at radius 1 is 1.03 bits per heavy atom. The minimum Gasteiger partial charge on any atom is -0.331 e. The van der Waals surface area contributed by atoms with Crippen LogP contribution in [0.15, 0.2) is 36.4 Å². The molecular weight excluding hydrogens is 443 g/mol. The van der Waals surface area contributed by atoms with Gasteiger partial charge in [0, 0.05) is 43.0 Å². The third-order valence-corrected chi connectivity index (χ3v) is 6.77. The summed E-state index contributed by atoms with van der Waals surface area (Å²) < 4.78 is 66.0. The van der Waals surface area contributed by atoms with Crippen molar-refractivity contribution in [1.82, 2.24) is 9.80 Å². The van der Waals surface area contributed by atoms with E-state index in [2.05, 4.69) is 4.72 Å². The van der Waals surface area contributed by atoms with E-state index in [0.29, 0.717) is 29.9 Å². The molecule has 0 radical (unpaired) electrons. The number of hydrogen-bond donors (Lipinski definition) is 1. The Morgan fingerprint density at radius 2 is 1.56 bits per heavy atom. The van der Waals surface area contributed by atoms with Gasteiger partial charge < -0.3 is 4.90 Å². The van der Waals surface area contributed by atoms with Crippen molar-refractivity contribution >= 4 is 21.6 Å². The van der Waals surface area contributed by atoms with Crippen molar-refractivity contribution in [3.8, 4) is 0 Å². The van der Waals surface area contributed by atoms with Gasteiger partial charge in [-0.3, -0.25) is 14.4 Å². The second kappa shape index (κ2) is 9.50. The molecule has 1 heterocycles. The summed E-state index contributed by atoms with van der Waals surface area (Å²) in [5.74, 6) is -4.17. The fourth-order valence-electron chi connectivity index (χ4n) is 4.00. The first-order chi connectivity index (χ1) is 15.0. The van der Waals surface area contributed by atoms with Crippen molar-refractivity contribution in [3.63, 3.8) is 0 Å². The van der Waals surface area contributed by atoms with E-state index in [1.807, 2.05) is 18.7 Å². The van der Waals surface area contributed by atoms with Crippen LogP contribution in [-0.4, -0.2) is 55.1 Å². The number of halogens is 3. The molecule has 6 nitrogen and oxygen atoms in total. The van der Waals surface area contributed by atoms with Crippen LogP contribution in [0.25, 0.3) is 0 Å². The highest BCUT2D eigenvalue weighted by molar-refractivity contribution is 7.92. The topological polar surface area (TPSA) is 69.7 Å². The molecule has 1 amide bonds. The molecular formula is C22H26F3N3O3S. The highest BCUT2D eigenvalue weighted by Crippen LogP contribution is 2.23. The molecule has 1 aliphatic rings. The largest absolute Gasteiger partial charge is 0.331 e. The smallest absolute Gasteiger partial charge is 0.254 e. The number of carbonyl (C=O) groups is 1. The molecule has 2 atom stereocenters. The van der Waals surface area contributed by atoms with E-state index < -0.39 is 27.5 Å². The average Bonchev–Trinajstić information content (AvgIpc) is 2.71. The maximum Gasteiger partial charge on any atom is 0.254 e. The number of hydrogen-bond acceptors (Lipinski definition) is 4. The van der Waals surface area contributed by atoms with Gasteiger partial charge in [-0.25, -0.2) is 21.6 Å². The number of piperazine rings is 1. The molecule has 2 aromatic carbocycles. The normalized spacial score (nSPS) is 19.8. The third-order valence-electron chi connectivity index (χ3n) is 5.46. The van der Waals surface area contributed by atoms with Crippen LogP contribution in [0.4, 0.5) is 18.9 Å². The van der Waals surface area contributed by atoms with Gasteiger partial charge in [0.05, 0.1) is 5.75 Å². The lowest BCUT2D eigenvalue weighted by atomic mass is 10.0. The second-order valence-corrected chi connectivity index (χ2v) is 10.1.